The van der Waals surface area contributed by atoms with Gasteiger partial charge in [0.05, 0.1) is 25.3 Å². The van der Waals surface area contributed by atoms with Crippen LogP contribution in [0, 0.1) is 0 Å². The summed E-state index contributed by atoms with van der Waals surface area (Å²) in [6.45, 7) is 2.08. The molecule has 0 radical (unpaired) electrons. The number of hydrogen-bond donors (Lipinski definition) is 1. The van der Waals surface area contributed by atoms with Crippen molar-refractivity contribution in [3.05, 3.63) is 53.6 Å². The summed E-state index contributed by atoms with van der Waals surface area (Å²) in [6.07, 6.45) is -1.78. The summed E-state index contributed by atoms with van der Waals surface area (Å²) in [4.78, 5) is 14.5. The fraction of sp³-hybridized carbons (Fsp3) is 0.409. The van der Waals surface area contributed by atoms with E-state index in [0.717, 1.165) is 49.3 Å². The molecule has 2 aliphatic heterocycles. The number of hydrogen-bond acceptors (Lipinski definition) is 4. The van der Waals surface area contributed by atoms with Crippen molar-refractivity contribution in [3.8, 4) is 11.5 Å². The maximum atomic E-state index is 12.9. The zero-order chi connectivity index (χ0) is 21.1. The van der Waals surface area contributed by atoms with Gasteiger partial charge in [0, 0.05) is 18.2 Å². The number of nitrogens with one attached hydrogen (secondary N) is 1. The fourth-order valence-corrected chi connectivity index (χ4v) is 3.94. The molecule has 0 spiro atoms. The number of carbonyl (C=O) groups is 1. The number of likely N-dealkylation sites (tertiary alicyclic amines) is 1. The number of amides is 1. The van der Waals surface area contributed by atoms with Gasteiger partial charge in [0.1, 0.15) is 0 Å². The molecule has 0 saturated carbocycles. The van der Waals surface area contributed by atoms with Crippen molar-refractivity contribution in [2.24, 2.45) is 0 Å². The van der Waals surface area contributed by atoms with Crippen LogP contribution >= 0.6 is 0 Å². The van der Waals surface area contributed by atoms with Gasteiger partial charge in [-0.3, -0.25) is 9.69 Å². The first-order valence-corrected chi connectivity index (χ1v) is 10.0. The van der Waals surface area contributed by atoms with Crippen LogP contribution in [-0.2, 0) is 11.0 Å². The lowest BCUT2D eigenvalue weighted by Crippen LogP contribution is -2.33. The van der Waals surface area contributed by atoms with Gasteiger partial charge in [0.15, 0.2) is 11.5 Å². The Hall–Kier alpha value is -2.74. The monoisotopic (exact) mass is 420 g/mol. The highest BCUT2D eigenvalue weighted by atomic mass is 19.4. The lowest BCUT2D eigenvalue weighted by Gasteiger charge is -2.25. The van der Waals surface area contributed by atoms with Crippen molar-refractivity contribution in [2.45, 2.75) is 31.5 Å². The van der Waals surface area contributed by atoms with E-state index in [0.29, 0.717) is 19.0 Å². The molecule has 1 saturated heterocycles. The zero-order valence-electron chi connectivity index (χ0n) is 16.4. The van der Waals surface area contributed by atoms with Crippen molar-refractivity contribution >= 4 is 11.6 Å². The third-order valence-electron chi connectivity index (χ3n) is 5.34. The Morgan fingerprint density at radius 1 is 1.07 bits per heavy atom. The summed E-state index contributed by atoms with van der Waals surface area (Å²) in [7, 11) is 0. The van der Waals surface area contributed by atoms with E-state index < -0.39 is 11.7 Å². The SMILES string of the molecule is O=C(CN1CCC[C@@H]1c1ccc2c(c1)OCCCO2)Nc1cccc(C(F)(F)F)c1. The van der Waals surface area contributed by atoms with Crippen LogP contribution in [0.1, 0.15) is 36.4 Å². The third kappa shape index (κ3) is 4.70. The largest absolute Gasteiger partial charge is 0.490 e. The van der Waals surface area contributed by atoms with Gasteiger partial charge in [0.2, 0.25) is 5.91 Å². The molecule has 2 heterocycles. The van der Waals surface area contributed by atoms with Crippen molar-refractivity contribution < 1.29 is 27.4 Å². The highest BCUT2D eigenvalue weighted by molar-refractivity contribution is 5.92. The number of fused-ring (bicyclic) bond motifs is 1. The van der Waals surface area contributed by atoms with Crippen molar-refractivity contribution in [1.82, 2.24) is 4.90 Å². The molecule has 0 aromatic heterocycles. The Bertz CT molecular complexity index is 917. The van der Waals surface area contributed by atoms with Crippen LogP contribution in [0.5, 0.6) is 11.5 Å². The summed E-state index contributed by atoms with van der Waals surface area (Å²) < 4.78 is 50.1. The number of rotatable bonds is 4. The second-order valence-electron chi connectivity index (χ2n) is 7.51. The summed E-state index contributed by atoms with van der Waals surface area (Å²) in [5.41, 5.74) is 0.399. The van der Waals surface area contributed by atoms with E-state index in [9.17, 15) is 18.0 Å². The minimum Gasteiger partial charge on any atom is -0.490 e. The van der Waals surface area contributed by atoms with Gasteiger partial charge >= 0.3 is 6.18 Å². The van der Waals surface area contributed by atoms with Crippen molar-refractivity contribution in [2.75, 3.05) is 31.6 Å². The molecule has 5 nitrogen and oxygen atoms in total. The molecule has 1 fully saturated rings. The number of ether oxygens (including phenoxy) is 2. The molecular formula is C22H23F3N2O3. The molecule has 1 N–H and O–H groups in total. The molecular weight excluding hydrogens is 397 g/mol. The molecule has 0 unspecified atom stereocenters. The van der Waals surface area contributed by atoms with Crippen LogP contribution in [0.15, 0.2) is 42.5 Å². The highest BCUT2D eigenvalue weighted by Crippen LogP contribution is 2.38. The number of halogens is 3. The van der Waals surface area contributed by atoms with Gasteiger partial charge in [0.25, 0.3) is 0 Å². The van der Waals surface area contributed by atoms with Crippen molar-refractivity contribution in [1.29, 1.82) is 0 Å². The van der Waals surface area contributed by atoms with Crippen LogP contribution < -0.4 is 14.8 Å². The van der Waals surface area contributed by atoms with Gasteiger partial charge in [-0.15, -0.1) is 0 Å². The topological polar surface area (TPSA) is 50.8 Å². The first kappa shape index (κ1) is 20.5. The molecule has 2 aromatic carbocycles. The summed E-state index contributed by atoms with van der Waals surface area (Å²) in [5, 5.41) is 2.59. The standard InChI is InChI=1S/C22H23F3N2O3/c23-22(24,25)16-4-1-5-17(13-16)26-21(28)14-27-9-2-6-18(27)15-7-8-19-20(12-15)30-11-3-10-29-19/h1,4-5,7-8,12-13,18H,2-3,6,9-11,14H2,(H,26,28)/t18-/m1/s1. The van der Waals surface area contributed by atoms with E-state index >= 15 is 0 Å². The molecule has 2 aromatic rings. The molecule has 0 bridgehead atoms. The Kier molecular flexibility index (Phi) is 5.85. The van der Waals surface area contributed by atoms with Gasteiger partial charge in [-0.25, -0.2) is 0 Å². The smallest absolute Gasteiger partial charge is 0.416 e. The Labute approximate surface area is 172 Å². The number of anilines is 1. The Balaban J connectivity index is 1.43. The van der Waals surface area contributed by atoms with Gasteiger partial charge in [-0.2, -0.15) is 13.2 Å². The first-order valence-electron chi connectivity index (χ1n) is 10.0. The summed E-state index contributed by atoms with van der Waals surface area (Å²) in [6, 6.07) is 10.6. The average Bonchev–Trinajstić information content (AvgIpc) is 3.02. The predicted octanol–water partition coefficient (Wildman–Crippen LogP) is 4.64. The van der Waals surface area contributed by atoms with Gasteiger partial charge < -0.3 is 14.8 Å². The number of benzene rings is 2. The summed E-state index contributed by atoms with van der Waals surface area (Å²) in [5.74, 6) is 1.10. The van der Waals surface area contributed by atoms with Crippen LogP contribution in [0.25, 0.3) is 0 Å². The Morgan fingerprint density at radius 3 is 2.67 bits per heavy atom. The third-order valence-corrected chi connectivity index (χ3v) is 5.34. The van der Waals surface area contributed by atoms with E-state index in [-0.39, 0.29) is 24.2 Å². The molecule has 30 heavy (non-hydrogen) atoms. The maximum Gasteiger partial charge on any atom is 0.416 e. The quantitative estimate of drug-likeness (QED) is 0.783. The van der Waals surface area contributed by atoms with E-state index in [4.69, 9.17) is 9.47 Å². The maximum absolute atomic E-state index is 12.9. The van der Waals surface area contributed by atoms with Crippen LogP contribution in [0.2, 0.25) is 0 Å². The zero-order valence-corrected chi connectivity index (χ0v) is 16.4. The van der Waals surface area contributed by atoms with Crippen LogP contribution in [0.4, 0.5) is 18.9 Å². The van der Waals surface area contributed by atoms with E-state index in [1.54, 1.807) is 0 Å². The van der Waals surface area contributed by atoms with Gasteiger partial charge in [-0.05, 0) is 55.3 Å². The van der Waals surface area contributed by atoms with Crippen molar-refractivity contribution in [3.63, 3.8) is 0 Å². The second kappa shape index (κ2) is 8.55. The fourth-order valence-electron chi connectivity index (χ4n) is 3.94. The molecule has 1 amide bonds. The lowest BCUT2D eigenvalue weighted by atomic mass is 10.0. The molecule has 160 valence electrons. The highest BCUT2D eigenvalue weighted by Gasteiger charge is 2.31. The van der Waals surface area contributed by atoms with Crippen LogP contribution in [-0.4, -0.2) is 37.1 Å². The minimum atomic E-state index is -4.45. The normalized spacial score (nSPS) is 19.4. The lowest BCUT2D eigenvalue weighted by molar-refractivity contribution is -0.137. The molecule has 2 aliphatic rings. The van der Waals surface area contributed by atoms with Crippen LogP contribution in [0.3, 0.4) is 0 Å². The molecule has 0 aliphatic carbocycles. The van der Waals surface area contributed by atoms with E-state index in [2.05, 4.69) is 5.32 Å². The molecule has 1 atom stereocenters. The Morgan fingerprint density at radius 2 is 1.87 bits per heavy atom. The summed E-state index contributed by atoms with van der Waals surface area (Å²) >= 11 is 0. The second-order valence-corrected chi connectivity index (χ2v) is 7.51. The van der Waals surface area contributed by atoms with Gasteiger partial charge in [-0.1, -0.05) is 12.1 Å². The number of nitrogens with zero attached hydrogens (tertiary/aromatic N) is 1. The minimum absolute atomic E-state index is 0.0504. The molecule has 8 heteroatoms. The molecule has 4 rings (SSSR count). The van der Waals surface area contributed by atoms with E-state index in [1.807, 2.05) is 23.1 Å². The average molecular weight is 420 g/mol. The predicted molar refractivity (Wildman–Crippen MR) is 106 cm³/mol. The number of carbonyl (C=O) groups excluding carboxylic acids is 1. The van der Waals surface area contributed by atoms with E-state index in [1.165, 1.54) is 12.1 Å². The first-order chi connectivity index (χ1) is 14.4. The number of alkyl halides is 3.